The van der Waals surface area contributed by atoms with Gasteiger partial charge in [-0.3, -0.25) is 0 Å². The molecule has 0 bridgehead atoms. The van der Waals surface area contributed by atoms with Crippen molar-refractivity contribution in [2.24, 2.45) is 0 Å². The maximum Gasteiger partial charge on any atom is 0.257 e. The van der Waals surface area contributed by atoms with Gasteiger partial charge in [0.15, 0.2) is 0 Å². The topological polar surface area (TPSA) is 19.7 Å². The van der Waals surface area contributed by atoms with Gasteiger partial charge in [-0.1, -0.05) is 149 Å². The van der Waals surface area contributed by atoms with Crippen LogP contribution in [-0.2, 0) is 0 Å². The molecule has 0 saturated heterocycles. The average Bonchev–Trinajstić information content (AvgIpc) is 3.35. The van der Waals surface area contributed by atoms with Gasteiger partial charge in [-0.25, -0.2) is 9.55 Å². The van der Waals surface area contributed by atoms with E-state index in [4.69, 9.17) is 0 Å². The summed E-state index contributed by atoms with van der Waals surface area (Å²) in [7, 11) is 0. The molecule has 206 valence electrons. The molecule has 1 rings (SSSR count). The fourth-order valence-electron chi connectivity index (χ4n) is 5.78. The van der Waals surface area contributed by atoms with Gasteiger partial charge >= 0.3 is 0 Å². The Hall–Kier alpha value is -0.790. The summed E-state index contributed by atoms with van der Waals surface area (Å²) in [5.74, 6) is 2.21. The number of aromatic amines is 1. The van der Waals surface area contributed by atoms with E-state index in [1.807, 2.05) is 0 Å². The summed E-state index contributed by atoms with van der Waals surface area (Å²) in [6, 6.07) is 0.623. The zero-order valence-corrected chi connectivity index (χ0v) is 24.7. The van der Waals surface area contributed by atoms with Gasteiger partial charge in [0.05, 0.1) is 12.0 Å². The second-order valence-electron chi connectivity index (χ2n) is 11.5. The fourth-order valence-corrected chi connectivity index (χ4v) is 5.78. The Labute approximate surface area is 221 Å². The zero-order chi connectivity index (χ0) is 25.4. The molecule has 0 aliphatic heterocycles. The van der Waals surface area contributed by atoms with Gasteiger partial charge < -0.3 is 0 Å². The van der Waals surface area contributed by atoms with E-state index >= 15 is 0 Å². The molecule has 1 N–H and O–H groups in total. The Balaban J connectivity index is 2.22. The van der Waals surface area contributed by atoms with Crippen LogP contribution in [0.3, 0.4) is 0 Å². The van der Waals surface area contributed by atoms with Crippen LogP contribution in [0.5, 0.6) is 0 Å². The lowest BCUT2D eigenvalue weighted by molar-refractivity contribution is -0.727. The highest BCUT2D eigenvalue weighted by Crippen LogP contribution is 2.26. The van der Waals surface area contributed by atoms with Crippen LogP contribution >= 0.6 is 0 Å². The minimum absolute atomic E-state index is 0.623. The van der Waals surface area contributed by atoms with Crippen LogP contribution < -0.4 is 4.57 Å². The van der Waals surface area contributed by atoms with E-state index in [1.165, 1.54) is 160 Å². The minimum Gasteiger partial charge on any atom is -0.247 e. The third kappa shape index (κ3) is 16.6. The SMILES string of the molecule is CCCCCCCCCCCCCCC(CCC)c1[nH]cc[n+]1C(C)CCCCCCCCCC. The first-order valence-corrected chi connectivity index (χ1v) is 16.3. The number of hydrogen-bond donors (Lipinski definition) is 1. The van der Waals surface area contributed by atoms with Crippen molar-refractivity contribution >= 4 is 0 Å². The molecular weight excluding hydrogens is 424 g/mol. The lowest BCUT2D eigenvalue weighted by Gasteiger charge is -2.16. The predicted molar refractivity (Wildman–Crippen MR) is 156 cm³/mol. The molecule has 1 aromatic rings. The molecule has 0 radical (unpaired) electrons. The third-order valence-corrected chi connectivity index (χ3v) is 8.12. The Morgan fingerprint density at radius 3 is 1.43 bits per heavy atom. The van der Waals surface area contributed by atoms with E-state index in [2.05, 4.69) is 49.6 Å². The molecule has 0 aliphatic carbocycles. The molecule has 0 fully saturated rings. The van der Waals surface area contributed by atoms with Crippen molar-refractivity contribution in [1.82, 2.24) is 4.98 Å². The average molecular weight is 490 g/mol. The standard InChI is InChI=1S/C33H64N2/c1-5-8-10-12-14-16-17-18-19-21-23-25-28-32(26-7-3)33-34-29-30-35(33)31(4)27-24-22-20-15-13-11-9-6-2/h29-32H,5-28H2,1-4H3/p+1. The van der Waals surface area contributed by atoms with Crippen molar-refractivity contribution < 1.29 is 4.57 Å². The normalized spacial score (nSPS) is 13.4. The van der Waals surface area contributed by atoms with Crippen molar-refractivity contribution in [1.29, 1.82) is 0 Å². The highest BCUT2D eigenvalue weighted by Gasteiger charge is 2.24. The molecule has 0 aromatic carbocycles. The van der Waals surface area contributed by atoms with Crippen molar-refractivity contribution in [2.75, 3.05) is 0 Å². The molecule has 0 saturated carbocycles. The third-order valence-electron chi connectivity index (χ3n) is 8.12. The summed E-state index contributed by atoms with van der Waals surface area (Å²) in [4.78, 5) is 3.66. The maximum atomic E-state index is 3.66. The number of rotatable bonds is 26. The van der Waals surface area contributed by atoms with Gasteiger partial charge in [-0.15, -0.1) is 0 Å². The number of H-pyrrole nitrogens is 1. The highest BCUT2D eigenvalue weighted by molar-refractivity contribution is 4.90. The number of nitrogens with one attached hydrogen (secondary N) is 1. The van der Waals surface area contributed by atoms with Crippen LogP contribution in [0, 0.1) is 0 Å². The fraction of sp³-hybridized carbons (Fsp3) is 0.909. The van der Waals surface area contributed by atoms with Crippen molar-refractivity contribution in [3.63, 3.8) is 0 Å². The van der Waals surface area contributed by atoms with Gasteiger partial charge in [0.1, 0.15) is 12.4 Å². The Morgan fingerprint density at radius 1 is 0.543 bits per heavy atom. The smallest absolute Gasteiger partial charge is 0.247 e. The predicted octanol–water partition coefficient (Wildman–Crippen LogP) is 11.4. The molecule has 1 aromatic heterocycles. The van der Waals surface area contributed by atoms with Crippen LogP contribution in [-0.4, -0.2) is 4.98 Å². The quantitative estimate of drug-likeness (QED) is 0.0985. The van der Waals surface area contributed by atoms with Crippen LogP contribution in [0.4, 0.5) is 0 Å². The van der Waals surface area contributed by atoms with Gasteiger partial charge in [0.25, 0.3) is 5.82 Å². The number of hydrogen-bond acceptors (Lipinski definition) is 0. The number of unbranched alkanes of at least 4 members (excludes halogenated alkanes) is 18. The molecule has 0 spiro atoms. The second kappa shape index (κ2) is 23.6. The second-order valence-corrected chi connectivity index (χ2v) is 11.5. The lowest BCUT2D eigenvalue weighted by atomic mass is 9.94. The Morgan fingerprint density at radius 2 is 0.971 bits per heavy atom. The maximum absolute atomic E-state index is 3.66. The van der Waals surface area contributed by atoms with Crippen LogP contribution in [0.15, 0.2) is 12.4 Å². The van der Waals surface area contributed by atoms with Gasteiger partial charge in [0.2, 0.25) is 0 Å². The summed E-state index contributed by atoms with van der Waals surface area (Å²) in [6.45, 7) is 9.40. The van der Waals surface area contributed by atoms with Crippen molar-refractivity contribution in [2.45, 2.75) is 194 Å². The van der Waals surface area contributed by atoms with E-state index < -0.39 is 0 Å². The van der Waals surface area contributed by atoms with E-state index in [0.717, 1.165) is 0 Å². The molecule has 2 atom stereocenters. The molecule has 2 nitrogen and oxygen atoms in total. The zero-order valence-electron chi connectivity index (χ0n) is 24.7. The van der Waals surface area contributed by atoms with Gasteiger partial charge in [-0.05, 0) is 32.6 Å². The minimum atomic E-state index is 0.623. The first-order valence-electron chi connectivity index (χ1n) is 16.3. The number of aromatic nitrogens is 2. The van der Waals surface area contributed by atoms with Crippen molar-refractivity contribution in [3.05, 3.63) is 18.2 Å². The summed E-state index contributed by atoms with van der Waals surface area (Å²) < 4.78 is 2.59. The van der Waals surface area contributed by atoms with Gasteiger partial charge in [-0.2, -0.15) is 0 Å². The van der Waals surface area contributed by atoms with Crippen LogP contribution in [0.25, 0.3) is 0 Å². The highest BCUT2D eigenvalue weighted by atomic mass is 15.1. The largest absolute Gasteiger partial charge is 0.257 e. The summed E-state index contributed by atoms with van der Waals surface area (Å²) in [6.07, 6.45) is 38.4. The molecular formula is C33H65N2+. The number of imidazole rings is 1. The molecule has 0 aliphatic rings. The molecule has 1 heterocycles. The summed E-state index contributed by atoms with van der Waals surface area (Å²) >= 11 is 0. The molecule has 2 heteroatoms. The van der Waals surface area contributed by atoms with E-state index in [0.29, 0.717) is 12.0 Å². The van der Waals surface area contributed by atoms with Crippen LogP contribution in [0.1, 0.15) is 200 Å². The molecule has 0 amide bonds. The van der Waals surface area contributed by atoms with Gasteiger partial charge in [0, 0.05) is 0 Å². The molecule has 35 heavy (non-hydrogen) atoms. The van der Waals surface area contributed by atoms with Crippen LogP contribution in [0.2, 0.25) is 0 Å². The molecule has 2 unspecified atom stereocenters. The number of nitrogens with zero attached hydrogens (tertiary/aromatic N) is 1. The Bertz CT molecular complexity index is 549. The van der Waals surface area contributed by atoms with E-state index in [-0.39, 0.29) is 0 Å². The lowest BCUT2D eigenvalue weighted by Crippen LogP contribution is -2.41. The summed E-state index contributed by atoms with van der Waals surface area (Å²) in [5.41, 5.74) is 0. The first-order chi connectivity index (χ1) is 17.2. The van der Waals surface area contributed by atoms with E-state index in [1.54, 1.807) is 0 Å². The first kappa shape index (κ1) is 32.2. The van der Waals surface area contributed by atoms with Crippen molar-refractivity contribution in [3.8, 4) is 0 Å². The Kier molecular flexibility index (Phi) is 21.7. The summed E-state index contributed by atoms with van der Waals surface area (Å²) in [5, 5.41) is 0. The van der Waals surface area contributed by atoms with E-state index in [9.17, 15) is 0 Å². The monoisotopic (exact) mass is 490 g/mol.